The molecule has 3 aliphatic rings. The minimum Gasteiger partial charge on any atom is -0.508 e. The molecule has 7 heteroatoms. The second kappa shape index (κ2) is 6.87. The number of benzene rings is 2. The highest BCUT2D eigenvalue weighted by Crippen LogP contribution is 2.61. The number of rotatable bonds is 3. The van der Waals surface area contributed by atoms with Crippen molar-refractivity contribution in [2.75, 3.05) is 13.6 Å². The van der Waals surface area contributed by atoms with E-state index in [-0.39, 0.29) is 41.7 Å². The zero-order valence-corrected chi connectivity index (χ0v) is 17.5. The number of piperidine rings is 1. The minimum atomic E-state index is -1.04. The molecule has 0 spiro atoms. The van der Waals surface area contributed by atoms with Crippen LogP contribution in [0.4, 0.5) is 0 Å². The summed E-state index contributed by atoms with van der Waals surface area (Å²) in [6, 6.07) is 9.63. The molecule has 1 saturated carbocycles. The van der Waals surface area contributed by atoms with Gasteiger partial charge in [0.25, 0.3) is 0 Å². The second-order valence-corrected chi connectivity index (χ2v) is 9.43. The van der Waals surface area contributed by atoms with Crippen LogP contribution in [-0.4, -0.2) is 56.5 Å². The molecule has 7 nitrogen and oxygen atoms in total. The Labute approximate surface area is 180 Å². The van der Waals surface area contributed by atoms with Gasteiger partial charge in [-0.25, -0.2) is 0 Å². The van der Waals surface area contributed by atoms with Gasteiger partial charge in [0.2, 0.25) is 5.91 Å². The third kappa shape index (κ3) is 2.91. The fourth-order valence-electron chi connectivity index (χ4n) is 6.31. The van der Waals surface area contributed by atoms with Crippen molar-refractivity contribution >= 4 is 5.91 Å². The molecule has 5 rings (SSSR count). The van der Waals surface area contributed by atoms with E-state index >= 15 is 0 Å². The van der Waals surface area contributed by atoms with Crippen molar-refractivity contribution in [3.05, 3.63) is 53.1 Å². The Hall–Kier alpha value is -2.77. The molecule has 0 unspecified atom stereocenters. The normalized spacial score (nSPS) is 31.7. The van der Waals surface area contributed by atoms with Crippen LogP contribution in [0.5, 0.6) is 17.2 Å². The van der Waals surface area contributed by atoms with Crippen molar-refractivity contribution in [2.24, 2.45) is 5.92 Å². The Morgan fingerprint density at radius 1 is 1.13 bits per heavy atom. The van der Waals surface area contributed by atoms with Crippen molar-refractivity contribution in [3.63, 3.8) is 0 Å². The van der Waals surface area contributed by atoms with Crippen molar-refractivity contribution < 1.29 is 25.2 Å². The third-order valence-electron chi connectivity index (χ3n) is 7.87. The molecule has 31 heavy (non-hydrogen) atoms. The molecule has 1 amide bonds. The summed E-state index contributed by atoms with van der Waals surface area (Å²) >= 11 is 0. The summed E-state index contributed by atoms with van der Waals surface area (Å²) < 4.78 is 0. The van der Waals surface area contributed by atoms with E-state index in [0.717, 1.165) is 24.1 Å². The number of hydrogen-bond acceptors (Lipinski definition) is 6. The monoisotopic (exact) mass is 424 g/mol. The molecule has 5 N–H and O–H groups in total. The molecule has 2 aromatic carbocycles. The summed E-state index contributed by atoms with van der Waals surface area (Å²) in [4.78, 5) is 15.3. The fraction of sp³-hybridized carbons (Fsp3) is 0.458. The lowest BCUT2D eigenvalue weighted by Crippen LogP contribution is -2.68. The number of hydrogen-bond donors (Lipinski definition) is 5. The van der Waals surface area contributed by atoms with Crippen LogP contribution in [0, 0.1) is 5.92 Å². The maximum atomic E-state index is 13.1. The first-order chi connectivity index (χ1) is 14.7. The van der Waals surface area contributed by atoms with Gasteiger partial charge in [0.05, 0.1) is 5.60 Å². The maximum Gasteiger partial charge on any atom is 0.223 e. The van der Waals surface area contributed by atoms with Gasteiger partial charge in [-0.15, -0.1) is 0 Å². The highest BCUT2D eigenvalue weighted by atomic mass is 16.3. The van der Waals surface area contributed by atoms with Crippen molar-refractivity contribution in [1.29, 1.82) is 0 Å². The summed E-state index contributed by atoms with van der Waals surface area (Å²) in [5, 5.41) is 44.5. The molecule has 1 aliphatic heterocycles. The first-order valence-electron chi connectivity index (χ1n) is 10.8. The molecule has 0 aromatic heterocycles. The molecule has 2 bridgehead atoms. The van der Waals surface area contributed by atoms with Gasteiger partial charge in [-0.05, 0) is 74.7 Å². The number of fused-ring (bicyclic) bond motifs is 1. The van der Waals surface area contributed by atoms with Crippen LogP contribution in [0.3, 0.4) is 0 Å². The first kappa shape index (κ1) is 20.2. The summed E-state index contributed by atoms with van der Waals surface area (Å²) in [6.45, 7) is 0.978. The van der Waals surface area contributed by atoms with Gasteiger partial charge in [-0.3, -0.25) is 4.79 Å². The average molecular weight is 424 g/mol. The number of amides is 1. The van der Waals surface area contributed by atoms with Crippen LogP contribution < -0.4 is 5.32 Å². The number of nitrogens with one attached hydrogen (secondary N) is 1. The van der Waals surface area contributed by atoms with Gasteiger partial charge >= 0.3 is 0 Å². The van der Waals surface area contributed by atoms with E-state index in [4.69, 9.17) is 0 Å². The van der Waals surface area contributed by atoms with E-state index in [2.05, 4.69) is 10.2 Å². The fourth-order valence-corrected chi connectivity index (χ4v) is 6.31. The number of carbonyl (C=O) groups excluding carboxylic acids is 1. The number of aliphatic hydroxyl groups is 1. The number of phenolic OH excluding ortho intramolecular Hbond substituents is 3. The molecule has 1 heterocycles. The molecular weight excluding hydrogens is 396 g/mol. The van der Waals surface area contributed by atoms with E-state index in [1.807, 2.05) is 13.1 Å². The lowest BCUT2D eigenvalue weighted by molar-refractivity contribution is -0.129. The molecule has 1 saturated heterocycles. The summed E-state index contributed by atoms with van der Waals surface area (Å²) in [5.74, 6) is -0.443. The van der Waals surface area contributed by atoms with Crippen molar-refractivity contribution in [3.8, 4) is 17.2 Å². The zero-order valence-electron chi connectivity index (χ0n) is 17.5. The highest BCUT2D eigenvalue weighted by molar-refractivity contribution is 5.80. The summed E-state index contributed by atoms with van der Waals surface area (Å²) in [5.41, 5.74) is 1.04. The number of aromatic hydroxyl groups is 3. The third-order valence-corrected chi connectivity index (χ3v) is 7.87. The van der Waals surface area contributed by atoms with E-state index < -0.39 is 11.0 Å². The Balaban J connectivity index is 1.43. The number of likely N-dealkylation sites (N-methyl/N-ethyl adjacent to an activating group) is 1. The molecule has 2 aliphatic carbocycles. The van der Waals surface area contributed by atoms with E-state index in [9.17, 15) is 25.2 Å². The standard InChI is InChI=1S/C24H28N2O5/c1-26-7-6-23-11-16(22(30)25-13-15-3-5-18(28)10-20(15)29)12-24(23,31)21(26)8-14-2-4-17(27)9-19(14)23/h2-5,9-10,16,21,27-29,31H,6-8,11-13H2,1H3,(H,25,30)/t16-,21-,23-,24-/m1/s1. The van der Waals surface area contributed by atoms with Crippen LogP contribution in [0.15, 0.2) is 36.4 Å². The average Bonchev–Trinajstić information content (AvgIpc) is 3.06. The number of likely N-dealkylation sites (tertiary alicyclic amines) is 1. The topological polar surface area (TPSA) is 113 Å². The molecule has 2 aromatic rings. The van der Waals surface area contributed by atoms with Crippen LogP contribution >= 0.6 is 0 Å². The van der Waals surface area contributed by atoms with Crippen LogP contribution in [-0.2, 0) is 23.2 Å². The van der Waals surface area contributed by atoms with E-state index in [1.165, 1.54) is 12.1 Å². The molecule has 0 radical (unpaired) electrons. The van der Waals surface area contributed by atoms with Gasteiger partial charge in [0.1, 0.15) is 17.2 Å². The molecule has 164 valence electrons. The number of nitrogens with zero attached hydrogens (tertiary/aromatic N) is 1. The van der Waals surface area contributed by atoms with Gasteiger partial charge in [-0.2, -0.15) is 0 Å². The Kier molecular flexibility index (Phi) is 4.46. The molecule has 2 fully saturated rings. The van der Waals surface area contributed by atoms with Crippen molar-refractivity contribution in [1.82, 2.24) is 10.2 Å². The Bertz CT molecular complexity index is 1060. The SMILES string of the molecule is CN1CC[C@]23C[C@@H](C(=O)NCc4ccc(O)cc4O)C[C@@]2(O)[C@H]1Cc1ccc(O)cc13. The summed E-state index contributed by atoms with van der Waals surface area (Å²) in [6.07, 6.45) is 2.32. The van der Waals surface area contributed by atoms with Gasteiger partial charge in [0, 0.05) is 35.5 Å². The zero-order chi connectivity index (χ0) is 22.0. The Morgan fingerprint density at radius 2 is 1.87 bits per heavy atom. The lowest BCUT2D eigenvalue weighted by Gasteiger charge is -2.58. The smallest absolute Gasteiger partial charge is 0.223 e. The van der Waals surface area contributed by atoms with Crippen LogP contribution in [0.25, 0.3) is 0 Å². The largest absolute Gasteiger partial charge is 0.508 e. The molecule has 4 atom stereocenters. The Morgan fingerprint density at radius 3 is 2.65 bits per heavy atom. The van der Waals surface area contributed by atoms with Crippen LogP contribution in [0.2, 0.25) is 0 Å². The first-order valence-corrected chi connectivity index (χ1v) is 10.8. The highest BCUT2D eigenvalue weighted by Gasteiger charge is 2.67. The van der Waals surface area contributed by atoms with E-state index in [0.29, 0.717) is 24.8 Å². The van der Waals surface area contributed by atoms with Gasteiger partial charge in [-0.1, -0.05) is 6.07 Å². The van der Waals surface area contributed by atoms with Crippen LogP contribution in [0.1, 0.15) is 36.0 Å². The maximum absolute atomic E-state index is 13.1. The van der Waals surface area contributed by atoms with E-state index in [1.54, 1.807) is 18.2 Å². The minimum absolute atomic E-state index is 0.0351. The quantitative estimate of drug-likeness (QED) is 0.513. The van der Waals surface area contributed by atoms with Crippen molar-refractivity contribution in [2.45, 2.75) is 49.3 Å². The van der Waals surface area contributed by atoms with Gasteiger partial charge < -0.3 is 30.6 Å². The number of phenols is 3. The predicted octanol–water partition coefficient (Wildman–Crippen LogP) is 1.76. The summed E-state index contributed by atoms with van der Waals surface area (Å²) in [7, 11) is 2.03. The second-order valence-electron chi connectivity index (χ2n) is 9.43. The number of carbonyl (C=O) groups is 1. The predicted molar refractivity (Wildman–Crippen MR) is 114 cm³/mol. The lowest BCUT2D eigenvalue weighted by atomic mass is 9.56. The molecular formula is C24H28N2O5. The van der Waals surface area contributed by atoms with Gasteiger partial charge in [0.15, 0.2) is 0 Å².